The van der Waals surface area contributed by atoms with Crippen LogP contribution in [0.3, 0.4) is 0 Å². The molecule has 3 aromatic carbocycles. The maximum absolute atomic E-state index is 13.2. The molecule has 0 aliphatic rings. The molecule has 8 heteroatoms. The highest BCUT2D eigenvalue weighted by Gasteiger charge is 2.28. The van der Waals surface area contributed by atoms with Crippen molar-refractivity contribution in [3.8, 4) is 11.5 Å². The summed E-state index contributed by atoms with van der Waals surface area (Å²) in [6.07, 6.45) is 0. The first kappa shape index (κ1) is 19.2. The average molecular weight is 429 g/mol. The minimum absolute atomic E-state index is 0.0250. The predicted molar refractivity (Wildman–Crippen MR) is 109 cm³/mol. The standard InChI is InChI=1S/C21H14ClFN2O3S/c22-15-6-12-18(13-7-15)29(26,27)21-20(24-17-10-8-16(23)9-11-17)28-19(25-21)14-4-2-1-3-5-14/h1-13,24H. The van der Waals surface area contributed by atoms with Gasteiger partial charge in [-0.2, -0.15) is 4.98 Å². The van der Waals surface area contributed by atoms with Crippen LogP contribution in [-0.2, 0) is 9.84 Å². The topological polar surface area (TPSA) is 72.2 Å². The maximum atomic E-state index is 13.2. The molecule has 1 heterocycles. The first-order valence-electron chi connectivity index (χ1n) is 8.53. The Morgan fingerprint density at radius 1 is 0.897 bits per heavy atom. The van der Waals surface area contributed by atoms with Gasteiger partial charge in [-0.15, -0.1) is 0 Å². The van der Waals surface area contributed by atoms with E-state index in [4.69, 9.17) is 16.0 Å². The second kappa shape index (κ2) is 7.69. The zero-order valence-electron chi connectivity index (χ0n) is 14.8. The number of oxazole rings is 1. The van der Waals surface area contributed by atoms with Crippen molar-refractivity contribution in [2.75, 3.05) is 5.32 Å². The molecular weight excluding hydrogens is 415 g/mol. The summed E-state index contributed by atoms with van der Waals surface area (Å²) in [5.74, 6) is -0.333. The monoisotopic (exact) mass is 428 g/mol. The third-order valence-electron chi connectivity index (χ3n) is 4.10. The molecule has 0 atom stereocenters. The van der Waals surface area contributed by atoms with Crippen molar-refractivity contribution in [2.24, 2.45) is 0 Å². The van der Waals surface area contributed by atoms with Gasteiger partial charge in [-0.05, 0) is 60.7 Å². The van der Waals surface area contributed by atoms with Gasteiger partial charge in [-0.25, -0.2) is 12.8 Å². The Labute approximate surface area is 171 Å². The summed E-state index contributed by atoms with van der Waals surface area (Å²) in [6, 6.07) is 20.1. The highest BCUT2D eigenvalue weighted by molar-refractivity contribution is 7.91. The summed E-state index contributed by atoms with van der Waals surface area (Å²) in [4.78, 5) is 4.27. The summed E-state index contributed by atoms with van der Waals surface area (Å²) >= 11 is 5.87. The van der Waals surface area contributed by atoms with Crippen LogP contribution in [0, 0.1) is 5.82 Å². The largest absolute Gasteiger partial charge is 0.419 e. The molecule has 4 aromatic rings. The molecule has 1 aromatic heterocycles. The number of benzene rings is 3. The molecule has 146 valence electrons. The van der Waals surface area contributed by atoms with Gasteiger partial charge >= 0.3 is 0 Å². The quantitative estimate of drug-likeness (QED) is 0.440. The maximum Gasteiger partial charge on any atom is 0.238 e. The molecule has 29 heavy (non-hydrogen) atoms. The second-order valence-corrected chi connectivity index (χ2v) is 8.41. The van der Waals surface area contributed by atoms with Gasteiger partial charge in [0.15, 0.2) is 0 Å². The Morgan fingerprint density at radius 2 is 1.55 bits per heavy atom. The van der Waals surface area contributed by atoms with Crippen molar-refractivity contribution < 1.29 is 17.2 Å². The normalized spacial score (nSPS) is 11.4. The van der Waals surface area contributed by atoms with Gasteiger partial charge in [0, 0.05) is 16.3 Å². The first-order valence-corrected chi connectivity index (χ1v) is 10.4. The molecule has 0 saturated heterocycles. The lowest BCUT2D eigenvalue weighted by molar-refractivity contribution is 0.581. The van der Waals surface area contributed by atoms with E-state index in [2.05, 4.69) is 10.3 Å². The fourth-order valence-electron chi connectivity index (χ4n) is 2.66. The number of hydrogen-bond acceptors (Lipinski definition) is 5. The number of rotatable bonds is 5. The van der Waals surface area contributed by atoms with Crippen LogP contribution < -0.4 is 5.32 Å². The molecule has 0 bridgehead atoms. The summed E-state index contributed by atoms with van der Waals surface area (Å²) in [6.45, 7) is 0. The third-order valence-corrected chi connectivity index (χ3v) is 6.03. The average Bonchev–Trinajstić information content (AvgIpc) is 3.15. The van der Waals surface area contributed by atoms with Crippen molar-refractivity contribution in [1.82, 2.24) is 4.98 Å². The van der Waals surface area contributed by atoms with Crippen LogP contribution in [-0.4, -0.2) is 13.4 Å². The lowest BCUT2D eigenvalue weighted by Crippen LogP contribution is -2.05. The van der Waals surface area contributed by atoms with Crippen molar-refractivity contribution in [2.45, 2.75) is 9.92 Å². The van der Waals surface area contributed by atoms with Crippen LogP contribution in [0.25, 0.3) is 11.5 Å². The summed E-state index contributed by atoms with van der Waals surface area (Å²) < 4.78 is 45.3. The number of halogens is 2. The van der Waals surface area contributed by atoms with Gasteiger partial charge in [0.25, 0.3) is 0 Å². The molecule has 0 aliphatic heterocycles. The van der Waals surface area contributed by atoms with Gasteiger partial charge in [-0.1, -0.05) is 29.8 Å². The Balaban J connectivity index is 1.83. The van der Waals surface area contributed by atoms with E-state index in [1.54, 1.807) is 24.3 Å². The Hall–Kier alpha value is -3.16. The molecule has 0 amide bonds. The van der Waals surface area contributed by atoms with Crippen LogP contribution in [0.2, 0.25) is 5.02 Å². The van der Waals surface area contributed by atoms with Gasteiger partial charge in [0.05, 0.1) is 4.90 Å². The van der Waals surface area contributed by atoms with Crippen LogP contribution in [0.5, 0.6) is 0 Å². The molecule has 0 unspecified atom stereocenters. The Bertz CT molecular complexity index is 1240. The van der Waals surface area contributed by atoms with Crippen molar-refractivity contribution in [1.29, 1.82) is 0 Å². The van der Waals surface area contributed by atoms with E-state index in [1.165, 1.54) is 48.5 Å². The van der Waals surface area contributed by atoms with Crippen molar-refractivity contribution >= 4 is 33.0 Å². The van der Waals surface area contributed by atoms with E-state index in [9.17, 15) is 12.8 Å². The van der Waals surface area contributed by atoms with Gasteiger partial charge in [-0.3, -0.25) is 0 Å². The van der Waals surface area contributed by atoms with E-state index < -0.39 is 15.7 Å². The molecule has 0 saturated carbocycles. The van der Waals surface area contributed by atoms with Crippen molar-refractivity contribution in [3.63, 3.8) is 0 Å². The number of nitrogens with one attached hydrogen (secondary N) is 1. The van der Waals surface area contributed by atoms with Crippen LogP contribution in [0.4, 0.5) is 16.0 Å². The van der Waals surface area contributed by atoms with Gasteiger partial charge in [0.2, 0.25) is 26.6 Å². The molecule has 0 spiro atoms. The van der Waals surface area contributed by atoms with Crippen LogP contribution >= 0.6 is 11.6 Å². The second-order valence-electron chi connectivity index (χ2n) is 6.11. The van der Waals surface area contributed by atoms with Crippen LogP contribution in [0.1, 0.15) is 0 Å². The summed E-state index contributed by atoms with van der Waals surface area (Å²) in [5.41, 5.74) is 1.07. The van der Waals surface area contributed by atoms with Crippen LogP contribution in [0.15, 0.2) is 93.2 Å². The predicted octanol–water partition coefficient (Wildman–Crippen LogP) is 5.71. The fourth-order valence-corrected chi connectivity index (χ4v) is 4.04. The molecule has 5 nitrogen and oxygen atoms in total. The minimum atomic E-state index is -4.00. The lowest BCUT2D eigenvalue weighted by Gasteiger charge is -2.06. The smallest absolute Gasteiger partial charge is 0.238 e. The zero-order chi connectivity index (χ0) is 20.4. The summed E-state index contributed by atoms with van der Waals surface area (Å²) in [5, 5.41) is 3.02. The van der Waals surface area contributed by atoms with E-state index >= 15 is 0 Å². The number of anilines is 2. The fraction of sp³-hybridized carbons (Fsp3) is 0. The molecule has 0 radical (unpaired) electrons. The third kappa shape index (κ3) is 4.01. The van der Waals surface area contributed by atoms with E-state index in [1.807, 2.05) is 6.07 Å². The molecule has 1 N–H and O–H groups in total. The lowest BCUT2D eigenvalue weighted by atomic mass is 10.2. The molecular formula is C21H14ClFN2O3S. The van der Waals surface area contributed by atoms with E-state index in [0.717, 1.165) is 0 Å². The molecule has 0 aliphatic carbocycles. The zero-order valence-corrected chi connectivity index (χ0v) is 16.4. The highest BCUT2D eigenvalue weighted by Crippen LogP contribution is 2.34. The van der Waals surface area contributed by atoms with Crippen molar-refractivity contribution in [3.05, 3.63) is 89.7 Å². The molecule has 4 rings (SSSR count). The van der Waals surface area contributed by atoms with E-state index in [-0.39, 0.29) is 21.7 Å². The van der Waals surface area contributed by atoms with E-state index in [0.29, 0.717) is 16.3 Å². The highest BCUT2D eigenvalue weighted by atomic mass is 35.5. The number of aromatic nitrogens is 1. The SMILES string of the molecule is O=S(=O)(c1ccc(Cl)cc1)c1nc(-c2ccccc2)oc1Nc1ccc(F)cc1. The molecule has 0 fully saturated rings. The van der Waals surface area contributed by atoms with Gasteiger partial charge < -0.3 is 9.73 Å². The first-order chi connectivity index (χ1) is 13.9. The minimum Gasteiger partial charge on any atom is -0.419 e. The number of sulfone groups is 1. The number of nitrogens with zero attached hydrogens (tertiary/aromatic N) is 1. The number of hydrogen-bond donors (Lipinski definition) is 1. The summed E-state index contributed by atoms with van der Waals surface area (Å²) in [7, 11) is -4.00. The van der Waals surface area contributed by atoms with Gasteiger partial charge in [0.1, 0.15) is 5.82 Å². The Morgan fingerprint density at radius 3 is 2.21 bits per heavy atom. The Kier molecular flexibility index (Phi) is 5.08.